The van der Waals surface area contributed by atoms with Crippen LogP contribution in [0.1, 0.15) is 38.2 Å². The third-order valence-corrected chi connectivity index (χ3v) is 6.64. The van der Waals surface area contributed by atoms with Crippen molar-refractivity contribution < 1.29 is 17.9 Å². The molecule has 0 saturated carbocycles. The van der Waals surface area contributed by atoms with Crippen LogP contribution < -0.4 is 11.1 Å². The van der Waals surface area contributed by atoms with Crippen LogP contribution in [0.15, 0.2) is 29.2 Å². The lowest BCUT2D eigenvalue weighted by Crippen LogP contribution is -2.40. The van der Waals surface area contributed by atoms with Crippen molar-refractivity contribution in [2.24, 2.45) is 5.73 Å². The number of carbonyl (C=O) groups excluding carboxylic acids is 1. The van der Waals surface area contributed by atoms with Gasteiger partial charge in [0.15, 0.2) is 0 Å². The smallest absolute Gasteiger partial charge is 0.243 e. The van der Waals surface area contributed by atoms with E-state index in [-0.39, 0.29) is 29.3 Å². The monoisotopic (exact) mass is 433 g/mol. The Hall–Kier alpha value is -1.19. The zero-order valence-electron chi connectivity index (χ0n) is 16.4. The number of rotatable bonds is 10. The third kappa shape index (κ3) is 7.33. The van der Waals surface area contributed by atoms with E-state index in [9.17, 15) is 13.2 Å². The molecule has 1 aliphatic rings. The van der Waals surface area contributed by atoms with Gasteiger partial charge in [-0.25, -0.2) is 8.42 Å². The van der Waals surface area contributed by atoms with Crippen molar-refractivity contribution in [3.63, 3.8) is 0 Å². The second kappa shape index (κ2) is 12.4. The van der Waals surface area contributed by atoms with Crippen LogP contribution in [0.4, 0.5) is 0 Å². The van der Waals surface area contributed by atoms with E-state index >= 15 is 0 Å². The molecule has 1 aromatic rings. The van der Waals surface area contributed by atoms with E-state index in [1.807, 2.05) is 0 Å². The Labute approximate surface area is 174 Å². The number of aryl methyl sites for hydroxylation is 1. The highest BCUT2D eigenvalue weighted by atomic mass is 35.5. The molecule has 1 unspecified atom stereocenters. The van der Waals surface area contributed by atoms with Gasteiger partial charge in [-0.15, -0.1) is 12.4 Å². The molecule has 28 heavy (non-hydrogen) atoms. The average Bonchev–Trinajstić information content (AvgIpc) is 2.70. The van der Waals surface area contributed by atoms with Gasteiger partial charge in [-0.3, -0.25) is 4.79 Å². The molecule has 1 atom stereocenters. The molecule has 1 saturated heterocycles. The Morgan fingerprint density at radius 2 is 1.89 bits per heavy atom. The van der Waals surface area contributed by atoms with Crippen LogP contribution in [-0.4, -0.2) is 57.5 Å². The summed E-state index contributed by atoms with van der Waals surface area (Å²) in [4.78, 5) is 12.4. The van der Waals surface area contributed by atoms with Gasteiger partial charge >= 0.3 is 0 Å². The van der Waals surface area contributed by atoms with Gasteiger partial charge in [-0.1, -0.05) is 31.9 Å². The van der Waals surface area contributed by atoms with Gasteiger partial charge in [0, 0.05) is 32.1 Å². The molecule has 2 rings (SSSR count). The molecule has 0 aliphatic carbocycles. The van der Waals surface area contributed by atoms with E-state index in [0.717, 1.165) is 24.8 Å². The van der Waals surface area contributed by atoms with Gasteiger partial charge in [0.2, 0.25) is 15.9 Å². The van der Waals surface area contributed by atoms with Gasteiger partial charge in [-0.2, -0.15) is 4.31 Å². The number of nitrogens with one attached hydrogen (secondary N) is 1. The normalized spacial score (nSPS) is 16.2. The number of benzene rings is 1. The summed E-state index contributed by atoms with van der Waals surface area (Å²) in [5.41, 5.74) is 6.64. The maximum absolute atomic E-state index is 12.6. The van der Waals surface area contributed by atoms with Crippen LogP contribution >= 0.6 is 12.4 Å². The Kier molecular flexibility index (Phi) is 11.0. The summed E-state index contributed by atoms with van der Waals surface area (Å²) in [7, 11) is -3.48. The number of morpholine rings is 1. The molecule has 0 bridgehead atoms. The summed E-state index contributed by atoms with van der Waals surface area (Å²) in [5, 5.41) is 2.97. The summed E-state index contributed by atoms with van der Waals surface area (Å²) in [6.07, 6.45) is 3.94. The molecule has 0 spiro atoms. The average molecular weight is 434 g/mol. The molecule has 3 N–H and O–H groups in total. The third-order valence-electron chi connectivity index (χ3n) is 4.73. The summed E-state index contributed by atoms with van der Waals surface area (Å²) >= 11 is 0. The summed E-state index contributed by atoms with van der Waals surface area (Å²) in [6.45, 7) is 4.16. The molecule has 1 aliphatic heterocycles. The fourth-order valence-electron chi connectivity index (χ4n) is 3.02. The minimum Gasteiger partial charge on any atom is -0.379 e. The first-order valence-electron chi connectivity index (χ1n) is 9.63. The van der Waals surface area contributed by atoms with Crippen molar-refractivity contribution in [1.82, 2.24) is 9.62 Å². The predicted octanol–water partition coefficient (Wildman–Crippen LogP) is 1.70. The van der Waals surface area contributed by atoms with Gasteiger partial charge < -0.3 is 15.8 Å². The summed E-state index contributed by atoms with van der Waals surface area (Å²) in [5.74, 6) is -0.0217. The quantitative estimate of drug-likeness (QED) is 0.584. The SMILES string of the molecule is CCCCC(CN)NC(=O)CCc1ccc(S(=O)(=O)N2CCOCC2)cc1.Cl. The zero-order chi connectivity index (χ0) is 19.7. The van der Waals surface area contributed by atoms with Crippen molar-refractivity contribution in [1.29, 1.82) is 0 Å². The lowest BCUT2D eigenvalue weighted by molar-refractivity contribution is -0.121. The summed E-state index contributed by atoms with van der Waals surface area (Å²) in [6, 6.07) is 6.80. The number of carbonyl (C=O) groups is 1. The van der Waals surface area contributed by atoms with E-state index < -0.39 is 10.0 Å². The number of amides is 1. The van der Waals surface area contributed by atoms with Crippen LogP contribution in [0, 0.1) is 0 Å². The van der Waals surface area contributed by atoms with Crippen LogP contribution in [0.2, 0.25) is 0 Å². The van der Waals surface area contributed by atoms with E-state index in [2.05, 4.69) is 12.2 Å². The number of hydrogen-bond acceptors (Lipinski definition) is 5. The molecule has 1 aromatic carbocycles. The molecule has 1 amide bonds. The van der Waals surface area contributed by atoms with E-state index in [0.29, 0.717) is 45.7 Å². The Morgan fingerprint density at radius 1 is 1.25 bits per heavy atom. The first-order chi connectivity index (χ1) is 13.0. The Bertz CT molecular complexity index is 692. The number of unbranched alkanes of at least 4 members (excludes halogenated alkanes) is 1. The zero-order valence-corrected chi connectivity index (χ0v) is 18.1. The topological polar surface area (TPSA) is 102 Å². The summed E-state index contributed by atoms with van der Waals surface area (Å²) < 4.78 is 31.9. The van der Waals surface area contributed by atoms with Crippen molar-refractivity contribution in [3.05, 3.63) is 29.8 Å². The minimum atomic E-state index is -3.48. The molecule has 9 heteroatoms. The van der Waals surface area contributed by atoms with E-state index in [1.54, 1.807) is 24.3 Å². The van der Waals surface area contributed by atoms with Crippen molar-refractivity contribution >= 4 is 28.3 Å². The number of halogens is 1. The maximum atomic E-state index is 12.6. The molecular weight excluding hydrogens is 402 g/mol. The fourth-order valence-corrected chi connectivity index (χ4v) is 4.43. The number of nitrogens with two attached hydrogens (primary N) is 1. The highest BCUT2D eigenvalue weighted by Crippen LogP contribution is 2.18. The van der Waals surface area contributed by atoms with E-state index in [4.69, 9.17) is 10.5 Å². The number of nitrogens with zero attached hydrogens (tertiary/aromatic N) is 1. The largest absolute Gasteiger partial charge is 0.379 e. The number of hydrogen-bond donors (Lipinski definition) is 2. The molecule has 1 fully saturated rings. The van der Waals surface area contributed by atoms with Crippen molar-refractivity contribution in [2.75, 3.05) is 32.8 Å². The minimum absolute atomic E-state index is 0. The first-order valence-corrected chi connectivity index (χ1v) is 11.1. The van der Waals surface area contributed by atoms with Gasteiger partial charge in [0.1, 0.15) is 0 Å². The second-order valence-corrected chi connectivity index (χ2v) is 8.74. The standard InChI is InChI=1S/C19H31N3O4S.ClH/c1-2-3-4-17(15-20)21-19(23)10-7-16-5-8-18(9-6-16)27(24,25)22-11-13-26-14-12-22;/h5-6,8-9,17H,2-4,7,10-15,20H2,1H3,(H,21,23);1H. The maximum Gasteiger partial charge on any atom is 0.243 e. The van der Waals surface area contributed by atoms with Gasteiger partial charge in [0.25, 0.3) is 0 Å². The van der Waals surface area contributed by atoms with Crippen LogP contribution in [0.3, 0.4) is 0 Å². The van der Waals surface area contributed by atoms with Crippen molar-refractivity contribution in [3.8, 4) is 0 Å². The highest BCUT2D eigenvalue weighted by Gasteiger charge is 2.26. The van der Waals surface area contributed by atoms with Crippen LogP contribution in [-0.2, 0) is 26.0 Å². The molecule has 160 valence electrons. The van der Waals surface area contributed by atoms with Gasteiger partial charge in [-0.05, 0) is 30.5 Å². The van der Waals surface area contributed by atoms with Crippen LogP contribution in [0.25, 0.3) is 0 Å². The Balaban J connectivity index is 0.00000392. The number of ether oxygens (including phenoxy) is 1. The second-order valence-electron chi connectivity index (χ2n) is 6.80. The first kappa shape index (κ1) is 24.8. The number of sulfonamides is 1. The van der Waals surface area contributed by atoms with Crippen LogP contribution in [0.5, 0.6) is 0 Å². The van der Waals surface area contributed by atoms with E-state index in [1.165, 1.54) is 4.31 Å². The Morgan fingerprint density at radius 3 is 2.46 bits per heavy atom. The molecule has 1 heterocycles. The van der Waals surface area contributed by atoms with Gasteiger partial charge in [0.05, 0.1) is 18.1 Å². The molecule has 0 radical (unpaired) electrons. The molecule has 0 aromatic heterocycles. The fraction of sp³-hybridized carbons (Fsp3) is 0.632. The highest BCUT2D eigenvalue weighted by molar-refractivity contribution is 7.89. The molecule has 7 nitrogen and oxygen atoms in total. The predicted molar refractivity (Wildman–Crippen MR) is 112 cm³/mol. The van der Waals surface area contributed by atoms with Crippen molar-refractivity contribution in [2.45, 2.75) is 50.0 Å². The molecular formula is C19H32ClN3O4S. The lowest BCUT2D eigenvalue weighted by atomic mass is 10.1. The lowest BCUT2D eigenvalue weighted by Gasteiger charge is -2.26.